The molecule has 0 bridgehead atoms. The van der Waals surface area contributed by atoms with E-state index >= 15 is 0 Å². The first kappa shape index (κ1) is 19.4. The first-order valence-corrected chi connectivity index (χ1v) is 10.5. The lowest BCUT2D eigenvalue weighted by Gasteiger charge is -2.25. The molecule has 0 aliphatic heterocycles. The van der Waals surface area contributed by atoms with Crippen molar-refractivity contribution < 1.29 is 19.4 Å². The third kappa shape index (κ3) is 3.36. The molecule has 1 saturated carbocycles. The van der Waals surface area contributed by atoms with Gasteiger partial charge in [0.05, 0.1) is 0 Å². The van der Waals surface area contributed by atoms with E-state index in [1.165, 1.54) is 0 Å². The molecule has 0 heterocycles. The summed E-state index contributed by atoms with van der Waals surface area (Å²) in [5.74, 6) is -1.11. The molecule has 3 aromatic rings. The van der Waals surface area contributed by atoms with Crippen LogP contribution in [0.3, 0.4) is 0 Å². The van der Waals surface area contributed by atoms with E-state index < -0.39 is 23.5 Å². The van der Waals surface area contributed by atoms with Crippen LogP contribution in [0.5, 0.6) is 0 Å². The number of fused-ring (bicyclic) bond motifs is 3. The fourth-order valence-electron chi connectivity index (χ4n) is 4.84. The second kappa shape index (κ2) is 7.58. The number of benzene rings is 3. The van der Waals surface area contributed by atoms with E-state index in [9.17, 15) is 14.7 Å². The second-order valence-electron chi connectivity index (χ2n) is 8.26. The van der Waals surface area contributed by atoms with Crippen LogP contribution in [0, 0.1) is 0 Å². The van der Waals surface area contributed by atoms with Crippen molar-refractivity contribution in [1.82, 2.24) is 5.32 Å². The average Bonchev–Trinajstić information content (AvgIpc) is 3.54. The highest BCUT2D eigenvalue weighted by Crippen LogP contribution is 2.51. The van der Waals surface area contributed by atoms with Gasteiger partial charge in [-0.1, -0.05) is 78.9 Å². The van der Waals surface area contributed by atoms with Crippen LogP contribution in [0.4, 0.5) is 4.79 Å². The normalized spacial score (nSPS) is 16.6. The van der Waals surface area contributed by atoms with Gasteiger partial charge < -0.3 is 15.2 Å². The maximum atomic E-state index is 12.6. The van der Waals surface area contributed by atoms with Gasteiger partial charge in [-0.25, -0.2) is 9.59 Å². The van der Waals surface area contributed by atoms with Crippen LogP contribution < -0.4 is 5.32 Å². The molecule has 5 nitrogen and oxygen atoms in total. The molecular formula is C26H23NO4. The van der Waals surface area contributed by atoms with Crippen molar-refractivity contribution in [1.29, 1.82) is 0 Å². The summed E-state index contributed by atoms with van der Waals surface area (Å²) in [6.45, 7) is 0.157. The van der Waals surface area contributed by atoms with Crippen molar-refractivity contribution in [2.24, 2.45) is 0 Å². The van der Waals surface area contributed by atoms with E-state index in [1.807, 2.05) is 54.6 Å². The summed E-state index contributed by atoms with van der Waals surface area (Å²) < 4.78 is 5.57. The second-order valence-corrected chi connectivity index (χ2v) is 8.26. The Kier molecular flexibility index (Phi) is 4.74. The number of ether oxygens (including phenoxy) is 1. The van der Waals surface area contributed by atoms with E-state index in [-0.39, 0.29) is 12.5 Å². The highest BCUT2D eigenvalue weighted by Gasteiger charge is 2.54. The molecule has 1 atom stereocenters. The summed E-state index contributed by atoms with van der Waals surface area (Å²) in [4.78, 5) is 24.7. The fraction of sp³-hybridized carbons (Fsp3) is 0.231. The maximum absolute atomic E-state index is 12.6. The number of carbonyl (C=O) groups excluding carboxylic acids is 1. The van der Waals surface area contributed by atoms with Crippen molar-refractivity contribution in [3.8, 4) is 11.1 Å². The molecule has 31 heavy (non-hydrogen) atoms. The highest BCUT2D eigenvalue weighted by molar-refractivity contribution is 5.83. The molecule has 0 unspecified atom stereocenters. The Balaban J connectivity index is 1.32. The molecule has 0 saturated heterocycles. The summed E-state index contributed by atoms with van der Waals surface area (Å²) >= 11 is 0. The molecule has 5 heteroatoms. The molecular weight excluding hydrogens is 390 g/mol. The highest BCUT2D eigenvalue weighted by atomic mass is 16.5. The Bertz CT molecular complexity index is 1090. The van der Waals surface area contributed by atoms with Gasteiger partial charge in [0.15, 0.2) is 0 Å². The van der Waals surface area contributed by atoms with Crippen LogP contribution in [-0.2, 0) is 14.9 Å². The number of nitrogens with one attached hydrogen (secondary N) is 1. The Morgan fingerprint density at radius 2 is 1.45 bits per heavy atom. The summed E-state index contributed by atoms with van der Waals surface area (Å²) in [6, 6.07) is 24.7. The molecule has 2 N–H and O–H groups in total. The average molecular weight is 413 g/mol. The van der Waals surface area contributed by atoms with E-state index in [4.69, 9.17) is 4.74 Å². The molecule has 1 fully saturated rings. The topological polar surface area (TPSA) is 75.6 Å². The maximum Gasteiger partial charge on any atom is 0.407 e. The molecule has 2 aliphatic rings. The lowest BCUT2D eigenvalue weighted by atomic mass is 9.88. The number of rotatable bonds is 6. The van der Waals surface area contributed by atoms with Gasteiger partial charge in [-0.15, -0.1) is 0 Å². The summed E-state index contributed by atoms with van der Waals surface area (Å²) in [5, 5.41) is 12.5. The van der Waals surface area contributed by atoms with Gasteiger partial charge in [-0.3, -0.25) is 0 Å². The minimum Gasteiger partial charge on any atom is -0.480 e. The number of carbonyl (C=O) groups is 2. The van der Waals surface area contributed by atoms with Crippen LogP contribution in [0.2, 0.25) is 0 Å². The van der Waals surface area contributed by atoms with Gasteiger partial charge in [-0.2, -0.15) is 0 Å². The van der Waals surface area contributed by atoms with E-state index in [1.54, 1.807) is 0 Å². The molecule has 5 rings (SSSR count). The van der Waals surface area contributed by atoms with Gasteiger partial charge in [0.2, 0.25) is 0 Å². The molecule has 0 spiro atoms. The van der Waals surface area contributed by atoms with Crippen molar-refractivity contribution in [2.45, 2.75) is 30.2 Å². The largest absolute Gasteiger partial charge is 0.480 e. The first-order chi connectivity index (χ1) is 15.1. The zero-order chi connectivity index (χ0) is 21.4. The number of aliphatic carboxylic acids is 1. The summed E-state index contributed by atoms with van der Waals surface area (Å²) in [6.07, 6.45) is 0.742. The van der Waals surface area contributed by atoms with Gasteiger partial charge >= 0.3 is 12.1 Å². The van der Waals surface area contributed by atoms with Gasteiger partial charge in [0, 0.05) is 11.3 Å². The lowest BCUT2D eigenvalue weighted by Crippen LogP contribution is -2.49. The predicted octanol–water partition coefficient (Wildman–Crippen LogP) is 4.71. The molecule has 3 aromatic carbocycles. The van der Waals surface area contributed by atoms with E-state index in [2.05, 4.69) is 29.6 Å². The summed E-state index contributed by atoms with van der Waals surface area (Å²) in [7, 11) is 0. The molecule has 0 aromatic heterocycles. The SMILES string of the molecule is O=C(N[C@@H](C(=O)O)C1(c2ccccc2)CC1)OCC1c2ccccc2-c2ccccc21. The number of hydrogen-bond acceptors (Lipinski definition) is 3. The Labute approximate surface area is 180 Å². The molecule has 2 aliphatic carbocycles. The van der Waals surface area contributed by atoms with Crippen LogP contribution >= 0.6 is 0 Å². The van der Waals surface area contributed by atoms with Crippen molar-refractivity contribution >= 4 is 12.1 Å². The quantitative estimate of drug-likeness (QED) is 0.614. The van der Waals surface area contributed by atoms with E-state index in [0.717, 1.165) is 40.7 Å². The van der Waals surface area contributed by atoms with Crippen LogP contribution in [0.25, 0.3) is 11.1 Å². The molecule has 0 radical (unpaired) electrons. The van der Waals surface area contributed by atoms with Gasteiger partial charge in [0.1, 0.15) is 12.6 Å². The van der Waals surface area contributed by atoms with Gasteiger partial charge in [-0.05, 0) is 40.7 Å². The van der Waals surface area contributed by atoms with Gasteiger partial charge in [0.25, 0.3) is 0 Å². The standard InChI is InChI=1S/C26H23NO4/c28-24(29)23(26(14-15-26)17-8-2-1-3-9-17)27-25(30)31-16-22-20-12-6-4-10-18(20)19-11-5-7-13-21(19)22/h1-13,22-23H,14-16H2,(H,27,30)(H,28,29)/t23-/m0/s1. The van der Waals surface area contributed by atoms with Crippen LogP contribution in [0.15, 0.2) is 78.9 Å². The molecule has 156 valence electrons. The van der Waals surface area contributed by atoms with Crippen LogP contribution in [-0.4, -0.2) is 29.8 Å². The fourth-order valence-corrected chi connectivity index (χ4v) is 4.84. The number of carboxylic acid groups (broad SMARTS) is 1. The number of amides is 1. The minimum atomic E-state index is -1.05. The number of alkyl carbamates (subject to hydrolysis) is 1. The zero-order valence-electron chi connectivity index (χ0n) is 17.0. The number of carboxylic acids is 1. The van der Waals surface area contributed by atoms with Crippen molar-refractivity contribution in [3.05, 3.63) is 95.6 Å². The third-order valence-electron chi connectivity index (χ3n) is 6.54. The zero-order valence-corrected chi connectivity index (χ0v) is 17.0. The first-order valence-electron chi connectivity index (χ1n) is 10.5. The Morgan fingerprint density at radius 1 is 0.903 bits per heavy atom. The monoisotopic (exact) mass is 413 g/mol. The molecule has 1 amide bonds. The third-order valence-corrected chi connectivity index (χ3v) is 6.54. The minimum absolute atomic E-state index is 0.0644. The van der Waals surface area contributed by atoms with Crippen molar-refractivity contribution in [3.63, 3.8) is 0 Å². The van der Waals surface area contributed by atoms with Crippen molar-refractivity contribution in [2.75, 3.05) is 6.61 Å². The predicted molar refractivity (Wildman–Crippen MR) is 117 cm³/mol. The van der Waals surface area contributed by atoms with E-state index in [0.29, 0.717) is 0 Å². The van der Waals surface area contributed by atoms with Crippen LogP contribution in [0.1, 0.15) is 35.4 Å². The Morgan fingerprint density at radius 3 is 2.00 bits per heavy atom. The number of hydrogen-bond donors (Lipinski definition) is 2. The Hall–Kier alpha value is -3.60. The summed E-state index contributed by atoms with van der Waals surface area (Å²) in [5.41, 5.74) is 4.90. The smallest absolute Gasteiger partial charge is 0.407 e. The lowest BCUT2D eigenvalue weighted by molar-refractivity contribution is -0.140.